The summed E-state index contributed by atoms with van der Waals surface area (Å²) in [7, 11) is 0. The molecule has 2 rings (SSSR count). The molecular formula is C22H24O8. The summed E-state index contributed by atoms with van der Waals surface area (Å²) < 4.78 is 10.6. The molecule has 0 radical (unpaired) electrons. The van der Waals surface area contributed by atoms with E-state index in [4.69, 9.17) is 9.47 Å². The van der Waals surface area contributed by atoms with Crippen LogP contribution in [0.15, 0.2) is 42.5 Å². The van der Waals surface area contributed by atoms with Gasteiger partial charge in [-0.25, -0.2) is 9.59 Å². The minimum atomic E-state index is -1.29. The van der Waals surface area contributed by atoms with Crippen LogP contribution in [0.4, 0.5) is 0 Å². The lowest BCUT2D eigenvalue weighted by Gasteiger charge is -2.23. The molecule has 8 heteroatoms. The summed E-state index contributed by atoms with van der Waals surface area (Å²) in [5.74, 6) is -2.92. The summed E-state index contributed by atoms with van der Waals surface area (Å²) in [6, 6.07) is 8.00. The molecular weight excluding hydrogens is 392 g/mol. The van der Waals surface area contributed by atoms with Crippen molar-refractivity contribution in [2.75, 3.05) is 0 Å². The van der Waals surface area contributed by atoms with Gasteiger partial charge < -0.3 is 29.9 Å². The van der Waals surface area contributed by atoms with Gasteiger partial charge in [0, 0.05) is 12.5 Å². The highest BCUT2D eigenvalue weighted by atomic mass is 16.6. The maximum atomic E-state index is 12.5. The van der Waals surface area contributed by atoms with Crippen molar-refractivity contribution in [1.82, 2.24) is 0 Å². The second-order valence-electron chi connectivity index (χ2n) is 7.57. The Balaban J connectivity index is 2.17. The van der Waals surface area contributed by atoms with Crippen molar-refractivity contribution in [2.45, 2.75) is 38.9 Å². The average Bonchev–Trinajstić information content (AvgIpc) is 2.63. The molecule has 4 N–H and O–H groups in total. The van der Waals surface area contributed by atoms with E-state index in [0.717, 1.165) is 6.08 Å². The van der Waals surface area contributed by atoms with E-state index in [0.29, 0.717) is 11.1 Å². The van der Waals surface area contributed by atoms with Crippen molar-refractivity contribution >= 4 is 18.0 Å². The molecule has 0 bridgehead atoms. The number of phenolic OH excluding ortho intramolecular Hbond substituents is 4. The predicted octanol–water partition coefficient (Wildman–Crippen LogP) is 3.02. The highest BCUT2D eigenvalue weighted by molar-refractivity contribution is 5.89. The third kappa shape index (κ3) is 6.73. The van der Waals surface area contributed by atoms with E-state index in [-0.39, 0.29) is 29.4 Å². The van der Waals surface area contributed by atoms with Crippen LogP contribution in [0, 0.1) is 0 Å². The minimum absolute atomic E-state index is 0.0810. The van der Waals surface area contributed by atoms with Crippen LogP contribution in [0.3, 0.4) is 0 Å². The van der Waals surface area contributed by atoms with Crippen molar-refractivity contribution in [1.29, 1.82) is 0 Å². The van der Waals surface area contributed by atoms with Gasteiger partial charge in [0.25, 0.3) is 0 Å². The Morgan fingerprint density at radius 3 is 2.10 bits per heavy atom. The fourth-order valence-electron chi connectivity index (χ4n) is 2.44. The van der Waals surface area contributed by atoms with Gasteiger partial charge in [-0.05, 0) is 62.2 Å². The molecule has 1 atom stereocenters. The molecule has 30 heavy (non-hydrogen) atoms. The molecule has 0 aliphatic rings. The van der Waals surface area contributed by atoms with Crippen LogP contribution in [0.1, 0.15) is 31.9 Å². The lowest BCUT2D eigenvalue weighted by atomic mass is 10.1. The molecule has 0 aromatic heterocycles. The van der Waals surface area contributed by atoms with Crippen LogP contribution >= 0.6 is 0 Å². The SMILES string of the molecule is CC(C)(C)OC(=O)C(Cc1ccc(O)c(O)c1)OC(=O)/C=C/c1ccc(O)c(O)c1. The van der Waals surface area contributed by atoms with E-state index in [9.17, 15) is 30.0 Å². The molecule has 2 aromatic rings. The number of hydrogen-bond donors (Lipinski definition) is 4. The molecule has 160 valence electrons. The summed E-state index contributed by atoms with van der Waals surface area (Å²) >= 11 is 0. The molecule has 1 unspecified atom stereocenters. The van der Waals surface area contributed by atoms with Crippen LogP contribution < -0.4 is 0 Å². The highest BCUT2D eigenvalue weighted by Gasteiger charge is 2.28. The number of ether oxygens (including phenoxy) is 2. The van der Waals surface area contributed by atoms with Gasteiger partial charge in [0.05, 0.1) is 0 Å². The van der Waals surface area contributed by atoms with Gasteiger partial charge in [0.15, 0.2) is 23.0 Å². The summed E-state index contributed by atoms with van der Waals surface area (Å²) in [5, 5.41) is 37.9. The Hall–Kier alpha value is -3.68. The van der Waals surface area contributed by atoms with Gasteiger partial charge >= 0.3 is 11.9 Å². The normalized spacial score (nSPS) is 12.5. The van der Waals surface area contributed by atoms with Crippen LogP contribution in [0.2, 0.25) is 0 Å². The number of hydrogen-bond acceptors (Lipinski definition) is 8. The molecule has 2 aromatic carbocycles. The summed E-state index contributed by atoms with van der Waals surface area (Å²) in [6.45, 7) is 5.02. The van der Waals surface area contributed by atoms with Crippen LogP contribution in [0.25, 0.3) is 6.08 Å². The molecule has 0 fully saturated rings. The smallest absolute Gasteiger partial charge is 0.348 e. The third-order valence-corrected chi connectivity index (χ3v) is 3.80. The third-order valence-electron chi connectivity index (χ3n) is 3.80. The minimum Gasteiger partial charge on any atom is -0.504 e. The van der Waals surface area contributed by atoms with Crippen molar-refractivity contribution in [3.8, 4) is 23.0 Å². The van der Waals surface area contributed by atoms with E-state index in [1.165, 1.54) is 42.5 Å². The number of aromatic hydroxyl groups is 4. The summed E-state index contributed by atoms with van der Waals surface area (Å²) in [5.41, 5.74) is 0.0686. The first kappa shape index (κ1) is 22.6. The number of benzene rings is 2. The number of carbonyl (C=O) groups excluding carboxylic acids is 2. The second kappa shape index (κ2) is 9.21. The average molecular weight is 416 g/mol. The first-order valence-electron chi connectivity index (χ1n) is 9.09. The van der Waals surface area contributed by atoms with Gasteiger partial charge in [0.1, 0.15) is 5.60 Å². The van der Waals surface area contributed by atoms with E-state index >= 15 is 0 Å². The molecule has 0 amide bonds. The van der Waals surface area contributed by atoms with Crippen LogP contribution in [-0.4, -0.2) is 44.1 Å². The van der Waals surface area contributed by atoms with Crippen LogP contribution in [-0.2, 0) is 25.5 Å². The first-order chi connectivity index (χ1) is 13.9. The lowest BCUT2D eigenvalue weighted by Crippen LogP contribution is -2.36. The second-order valence-corrected chi connectivity index (χ2v) is 7.57. The maximum absolute atomic E-state index is 12.5. The topological polar surface area (TPSA) is 134 Å². The summed E-state index contributed by atoms with van der Waals surface area (Å²) in [4.78, 5) is 24.8. The number of phenols is 4. The van der Waals surface area contributed by atoms with E-state index in [1.807, 2.05) is 0 Å². The van der Waals surface area contributed by atoms with Crippen molar-refractivity contribution < 1.29 is 39.5 Å². The van der Waals surface area contributed by atoms with Crippen molar-refractivity contribution in [3.63, 3.8) is 0 Å². The molecule has 0 saturated heterocycles. The number of rotatable bonds is 6. The Morgan fingerprint density at radius 2 is 1.53 bits per heavy atom. The largest absolute Gasteiger partial charge is 0.504 e. The predicted molar refractivity (Wildman–Crippen MR) is 108 cm³/mol. The molecule has 0 saturated carbocycles. The maximum Gasteiger partial charge on any atom is 0.348 e. The zero-order valence-electron chi connectivity index (χ0n) is 16.8. The fraction of sp³-hybridized carbons (Fsp3) is 0.273. The van der Waals surface area contributed by atoms with E-state index in [1.54, 1.807) is 20.8 Å². The Bertz CT molecular complexity index is 956. The van der Waals surface area contributed by atoms with Gasteiger partial charge in [-0.2, -0.15) is 0 Å². The monoisotopic (exact) mass is 416 g/mol. The highest BCUT2D eigenvalue weighted by Crippen LogP contribution is 2.27. The van der Waals surface area contributed by atoms with Crippen molar-refractivity contribution in [3.05, 3.63) is 53.6 Å². The number of carbonyl (C=O) groups is 2. The Kier molecular flexibility index (Phi) is 6.94. The number of esters is 2. The van der Waals surface area contributed by atoms with Crippen LogP contribution in [0.5, 0.6) is 23.0 Å². The molecule has 0 heterocycles. The van der Waals surface area contributed by atoms with E-state index in [2.05, 4.69) is 0 Å². The lowest BCUT2D eigenvalue weighted by molar-refractivity contribution is -0.173. The molecule has 0 aliphatic carbocycles. The molecule has 8 nitrogen and oxygen atoms in total. The van der Waals surface area contributed by atoms with Gasteiger partial charge in [-0.3, -0.25) is 0 Å². The zero-order valence-corrected chi connectivity index (χ0v) is 16.8. The zero-order chi connectivity index (χ0) is 22.5. The Morgan fingerprint density at radius 1 is 0.933 bits per heavy atom. The van der Waals surface area contributed by atoms with Gasteiger partial charge in [-0.15, -0.1) is 0 Å². The molecule has 0 spiro atoms. The Labute approximate surface area is 173 Å². The van der Waals surface area contributed by atoms with Gasteiger partial charge in [-0.1, -0.05) is 12.1 Å². The fourth-order valence-corrected chi connectivity index (χ4v) is 2.44. The summed E-state index contributed by atoms with van der Waals surface area (Å²) in [6.07, 6.45) is 1.04. The first-order valence-corrected chi connectivity index (χ1v) is 9.09. The molecule has 0 aliphatic heterocycles. The van der Waals surface area contributed by atoms with Crippen molar-refractivity contribution in [2.24, 2.45) is 0 Å². The van der Waals surface area contributed by atoms with E-state index < -0.39 is 23.6 Å². The van der Waals surface area contributed by atoms with Gasteiger partial charge in [0.2, 0.25) is 6.10 Å². The quantitative estimate of drug-likeness (QED) is 0.321. The standard InChI is InChI=1S/C22H24O8/c1-22(2,3)30-21(28)19(12-14-5-8-16(24)18(26)11-14)29-20(27)9-6-13-4-7-15(23)17(25)10-13/h4-11,19,23-26H,12H2,1-3H3/b9-6+.